The van der Waals surface area contributed by atoms with Gasteiger partial charge in [0.1, 0.15) is 5.75 Å². The molecule has 0 N–H and O–H groups in total. The van der Waals surface area contributed by atoms with Crippen molar-refractivity contribution < 1.29 is 102 Å². The van der Waals surface area contributed by atoms with Crippen molar-refractivity contribution in [2.75, 3.05) is 7.11 Å². The average Bonchev–Trinajstić information content (AvgIpc) is 2.68. The predicted octanol–water partition coefficient (Wildman–Crippen LogP) is -14.9. The number of halogens is 7. The van der Waals surface area contributed by atoms with Crippen LogP contribution in [-0.4, -0.2) is 128 Å². The molecule has 45 heavy (non-hydrogen) atoms. The second-order valence-electron chi connectivity index (χ2n) is 5.63. The van der Waals surface area contributed by atoms with Crippen LogP contribution in [0.25, 0.3) is 0 Å². The van der Waals surface area contributed by atoms with Crippen LogP contribution in [0.1, 0.15) is 0 Å². The SMILES string of the molecule is COc1ccc([I+]c2ccccc2)cc1.[O]=[Sb]([O-])([O-])[F].[O]=[Sb]([O-])([O-])[F].[O]=[Sb]([O-])([O-])[F].[O]=[Sb]([O-])([O-])[F].[O]=[Sb]([O-])([O-])[F].[O]=[Sb]([O-])([O-])[F]. The van der Waals surface area contributed by atoms with Gasteiger partial charge in [-0.2, -0.15) is 0 Å². The molecule has 2 aromatic carbocycles. The van der Waals surface area contributed by atoms with Crippen LogP contribution in [0.4, 0.5) is 16.9 Å². The Balaban J connectivity index is -0.000000151. The van der Waals surface area contributed by atoms with E-state index in [0.29, 0.717) is 0 Å². The first-order valence-electron chi connectivity index (χ1n) is 9.02. The van der Waals surface area contributed by atoms with E-state index in [4.69, 9.17) is 63.5 Å². The number of rotatable bonds is 3. The molecule has 0 aliphatic rings. The molecule has 0 aliphatic heterocycles. The van der Waals surface area contributed by atoms with Gasteiger partial charge < -0.3 is 4.74 Å². The van der Waals surface area contributed by atoms with Gasteiger partial charge in [0, 0.05) is 0 Å². The molecule has 0 fully saturated rings. The van der Waals surface area contributed by atoms with E-state index in [9.17, 15) is 16.9 Å². The van der Waals surface area contributed by atoms with Crippen LogP contribution in [-0.2, 0) is 18.1 Å². The van der Waals surface area contributed by atoms with Gasteiger partial charge in [0.25, 0.3) is 0 Å². The monoisotopic (exact) mass is 1440 g/mol. The quantitative estimate of drug-likeness (QED) is 0.156. The van der Waals surface area contributed by atoms with Crippen LogP contribution in [0.3, 0.4) is 0 Å². The molecule has 19 nitrogen and oxygen atoms in total. The van der Waals surface area contributed by atoms with E-state index in [1.165, 1.54) is 7.14 Å². The first-order chi connectivity index (χ1) is 19.4. The van der Waals surface area contributed by atoms with Crippen molar-refractivity contribution in [2.24, 2.45) is 0 Å². The summed E-state index contributed by atoms with van der Waals surface area (Å²) in [6, 6.07) is 19.0. The molecule has 0 aliphatic carbocycles. The average molecular weight is 1440 g/mol. The Morgan fingerprint density at radius 2 is 0.644 bits per heavy atom. The Morgan fingerprint density at radius 3 is 0.844 bits per heavy atom. The summed E-state index contributed by atoms with van der Waals surface area (Å²) in [5.41, 5.74) is 0. The summed E-state index contributed by atoms with van der Waals surface area (Å²) in [5.74, 6) is 0.927. The van der Waals surface area contributed by atoms with Crippen molar-refractivity contribution in [3.63, 3.8) is 0 Å². The standard InChI is InChI=1S/C13H12IO.6FH.18O.6Sb/c1-15-13-9-7-12(8-10-13)14-11-5-3-2-4-6-11;;;;;;;;;;;;;;;;;;;;;;;;;;;;;;/h2-10H,1H3;6*1H;;;;;;;;;;;;;;;;;;;;;;;;/q+1;;;;;;;;;;;;;12*-1;6*+1/p-6. The van der Waals surface area contributed by atoms with E-state index in [1.807, 2.05) is 12.1 Å². The fourth-order valence-electron chi connectivity index (χ4n) is 1.24. The molecule has 0 heterocycles. The molecule has 0 bridgehead atoms. The van der Waals surface area contributed by atoms with Gasteiger partial charge in [-0.3, -0.25) is 0 Å². The summed E-state index contributed by atoms with van der Waals surface area (Å²) in [6.07, 6.45) is 0. The van der Waals surface area contributed by atoms with Gasteiger partial charge in [0.15, 0.2) is 7.14 Å². The van der Waals surface area contributed by atoms with Crippen molar-refractivity contribution in [1.29, 1.82) is 0 Å². The molecule has 268 valence electrons. The molecular formula is C13H12F6IO19Sb6-11. The van der Waals surface area contributed by atoms with Gasteiger partial charge in [-0.25, -0.2) is 0 Å². The van der Waals surface area contributed by atoms with Gasteiger partial charge in [-0.15, -0.1) is 0 Å². The Kier molecular flexibility index (Phi) is 34.3. The van der Waals surface area contributed by atoms with Crippen LogP contribution in [0.2, 0.25) is 0 Å². The van der Waals surface area contributed by atoms with Crippen molar-refractivity contribution in [2.45, 2.75) is 0 Å². The Bertz CT molecular complexity index is 1120. The first kappa shape index (κ1) is 56.2. The van der Waals surface area contributed by atoms with E-state index < -0.39 is 121 Å². The summed E-state index contributed by atoms with van der Waals surface area (Å²) in [6.45, 7) is 0. The maximum atomic E-state index is 10.2. The summed E-state index contributed by atoms with van der Waals surface area (Å²) >= 11 is -38.1. The second kappa shape index (κ2) is 27.5. The molecule has 2 aromatic rings. The Morgan fingerprint density at radius 1 is 0.444 bits per heavy atom. The fraction of sp³-hybridized carbons (Fsp3) is 0.0769. The minimum atomic E-state index is -6.35. The number of hydrogen-bond acceptors (Lipinski definition) is 19. The van der Waals surface area contributed by atoms with Crippen molar-refractivity contribution in [3.8, 4) is 5.75 Å². The molecule has 0 saturated carbocycles. The normalized spacial score (nSPS) is 11.2. The van der Waals surface area contributed by atoms with Gasteiger partial charge in [-0.05, 0) is 36.4 Å². The van der Waals surface area contributed by atoms with E-state index in [0.717, 1.165) is 5.75 Å². The van der Waals surface area contributed by atoms with Crippen LogP contribution >= 0.6 is 0 Å². The number of benzene rings is 2. The number of methoxy groups -OCH3 is 1. The molecule has 0 amide bonds. The Labute approximate surface area is 292 Å². The van der Waals surface area contributed by atoms with Crippen molar-refractivity contribution in [1.82, 2.24) is 0 Å². The van der Waals surface area contributed by atoms with Crippen LogP contribution in [0.5, 0.6) is 5.75 Å². The summed E-state index contributed by atoms with van der Waals surface area (Å²) < 4.78 is 223. The van der Waals surface area contributed by atoms with Gasteiger partial charge in [0.05, 0.1) is 7.11 Å². The summed E-state index contributed by atoms with van der Waals surface area (Å²) in [5, 5.41) is 0. The third kappa shape index (κ3) is 132. The molecule has 0 atom stereocenters. The Hall–Kier alpha value is 1.78. The molecule has 0 spiro atoms. The zero-order chi connectivity index (χ0) is 37.5. The maximum absolute atomic E-state index is 10.2. The second-order valence-corrected chi connectivity index (χ2v) is 23.4. The van der Waals surface area contributed by atoms with E-state index in [-0.39, 0.29) is 21.2 Å². The fourth-order valence-corrected chi connectivity index (χ4v) is 3.45. The molecule has 2 rings (SSSR count). The van der Waals surface area contributed by atoms with Crippen molar-refractivity contribution in [3.05, 3.63) is 61.7 Å². The number of hydrogen-bond donors (Lipinski definition) is 0. The molecular weight excluding hydrogens is 1430 g/mol. The van der Waals surface area contributed by atoms with E-state index >= 15 is 0 Å². The van der Waals surface area contributed by atoms with Crippen LogP contribution in [0.15, 0.2) is 54.6 Å². The third-order valence-corrected chi connectivity index (χ3v) is 4.68. The van der Waals surface area contributed by atoms with Gasteiger partial charge >= 0.3 is 218 Å². The molecule has 0 saturated heterocycles. The third-order valence-electron chi connectivity index (χ3n) is 2.00. The molecule has 0 unspecified atom stereocenters. The van der Waals surface area contributed by atoms with E-state index in [1.54, 1.807) is 7.11 Å². The topological polar surface area (TPSA) is 388 Å². The predicted molar refractivity (Wildman–Crippen MR) is 102 cm³/mol. The molecule has 0 aromatic heterocycles. The minimum absolute atomic E-state index is 0.0449. The zero-order valence-corrected chi connectivity index (χ0v) is 38.3. The van der Waals surface area contributed by atoms with Gasteiger partial charge in [-0.1, -0.05) is 18.2 Å². The number of ether oxygens (including phenoxy) is 1. The summed E-state index contributed by atoms with van der Waals surface area (Å²) in [4.78, 5) is 0. The van der Waals surface area contributed by atoms with E-state index in [2.05, 4.69) is 42.5 Å². The molecule has 32 heteroatoms. The van der Waals surface area contributed by atoms with Crippen molar-refractivity contribution >= 4 is 121 Å². The van der Waals surface area contributed by atoms with Gasteiger partial charge in [0.2, 0.25) is 0 Å². The first-order valence-corrected chi connectivity index (χ1v) is 35.7. The summed E-state index contributed by atoms with van der Waals surface area (Å²) in [7, 11) is 1.70. The van der Waals surface area contributed by atoms with Crippen LogP contribution < -0.4 is 66.6 Å². The zero-order valence-electron chi connectivity index (χ0n) is 20.8. The molecule has 0 radical (unpaired) electrons. The van der Waals surface area contributed by atoms with Crippen LogP contribution in [0, 0.1) is 7.14 Å².